The van der Waals surface area contributed by atoms with Gasteiger partial charge >= 0.3 is 0 Å². The topological polar surface area (TPSA) is 175 Å². The number of rotatable bonds is 2. The van der Waals surface area contributed by atoms with Crippen LogP contribution in [0.2, 0.25) is 0 Å². The molecule has 2 saturated heterocycles. The highest BCUT2D eigenvalue weighted by Gasteiger charge is 2.34. The molecule has 206 valence electrons. The van der Waals surface area contributed by atoms with Crippen LogP contribution < -0.4 is 31.9 Å². The predicted octanol–water partition coefficient (Wildman–Crippen LogP) is -0.827. The van der Waals surface area contributed by atoms with Crippen molar-refractivity contribution >= 4 is 57.0 Å². The molecule has 2 bridgehead atoms. The summed E-state index contributed by atoms with van der Waals surface area (Å²) in [6, 6.07) is -4.29. The van der Waals surface area contributed by atoms with E-state index in [4.69, 9.17) is 0 Å². The Kier molecular flexibility index (Phi) is 11.8. The zero-order chi connectivity index (χ0) is 27.7. The van der Waals surface area contributed by atoms with Gasteiger partial charge in [-0.25, -0.2) is 0 Å². The lowest BCUT2D eigenvalue weighted by Gasteiger charge is -2.28. The van der Waals surface area contributed by atoms with E-state index in [2.05, 4.69) is 31.9 Å². The molecular formula is C23H36N6O6S2. The number of fused-ring (bicyclic) bond motifs is 7. The molecule has 0 aromatic carbocycles. The maximum Gasteiger partial charge on any atom is 0.268 e. The molecule has 0 radical (unpaired) electrons. The lowest BCUT2D eigenvalue weighted by molar-refractivity contribution is -0.136. The number of allylic oxidation sites excluding steroid dienone is 1. The van der Waals surface area contributed by atoms with Gasteiger partial charge in [0.25, 0.3) is 5.91 Å². The lowest BCUT2D eigenvalue weighted by Crippen LogP contribution is -2.59. The van der Waals surface area contributed by atoms with Gasteiger partial charge in [0.2, 0.25) is 29.5 Å². The van der Waals surface area contributed by atoms with E-state index < -0.39 is 66.0 Å². The maximum absolute atomic E-state index is 13.2. The molecule has 6 N–H and O–H groups in total. The van der Waals surface area contributed by atoms with Crippen LogP contribution in [-0.4, -0.2) is 77.7 Å². The first-order chi connectivity index (χ1) is 17.4. The molecule has 0 spiro atoms. The minimum Gasteiger partial charge on any atom is -0.353 e. The van der Waals surface area contributed by atoms with E-state index in [0.717, 1.165) is 0 Å². The third kappa shape index (κ3) is 8.95. The smallest absolute Gasteiger partial charge is 0.268 e. The first-order valence-corrected chi connectivity index (χ1v) is 14.6. The SMILES string of the molecule is C/C=C1\NC(=O)[C@H]2CSSCCNC(=O)[C@H](CC(=O)N[C@H](C(C)C)C(=O)N2)NC(=O)[C@H](C(C)C)NC1=O. The van der Waals surface area contributed by atoms with E-state index in [-0.39, 0.29) is 29.8 Å². The van der Waals surface area contributed by atoms with E-state index in [9.17, 15) is 28.8 Å². The number of hydrogen-bond donors (Lipinski definition) is 6. The Morgan fingerprint density at radius 3 is 1.95 bits per heavy atom. The van der Waals surface area contributed by atoms with E-state index in [0.29, 0.717) is 5.75 Å². The molecule has 2 heterocycles. The summed E-state index contributed by atoms with van der Waals surface area (Å²) in [4.78, 5) is 78.3. The summed E-state index contributed by atoms with van der Waals surface area (Å²) in [5, 5.41) is 15.8. The van der Waals surface area contributed by atoms with Crippen LogP contribution in [-0.2, 0) is 28.8 Å². The van der Waals surface area contributed by atoms with Crippen LogP contribution in [0.25, 0.3) is 0 Å². The summed E-state index contributed by atoms with van der Waals surface area (Å²) >= 11 is 0. The molecule has 37 heavy (non-hydrogen) atoms. The summed E-state index contributed by atoms with van der Waals surface area (Å²) in [7, 11) is 2.71. The van der Waals surface area contributed by atoms with Crippen molar-refractivity contribution in [2.45, 2.75) is 65.2 Å². The van der Waals surface area contributed by atoms with Gasteiger partial charge in [-0.2, -0.15) is 0 Å². The Morgan fingerprint density at radius 1 is 0.757 bits per heavy atom. The minimum atomic E-state index is -1.23. The van der Waals surface area contributed by atoms with E-state index in [1.54, 1.807) is 34.6 Å². The summed E-state index contributed by atoms with van der Waals surface area (Å²) in [5.41, 5.74) is -0.0835. The predicted molar refractivity (Wildman–Crippen MR) is 142 cm³/mol. The molecule has 0 aliphatic carbocycles. The van der Waals surface area contributed by atoms with Crippen molar-refractivity contribution in [2.75, 3.05) is 18.1 Å². The van der Waals surface area contributed by atoms with Crippen LogP contribution in [0.15, 0.2) is 11.8 Å². The zero-order valence-electron chi connectivity index (χ0n) is 21.6. The number of carbonyl (C=O) groups excluding carboxylic acids is 6. The molecule has 0 aromatic rings. The highest BCUT2D eigenvalue weighted by molar-refractivity contribution is 8.76. The van der Waals surface area contributed by atoms with Gasteiger partial charge in [0.1, 0.15) is 29.9 Å². The molecular weight excluding hydrogens is 520 g/mol. The van der Waals surface area contributed by atoms with Gasteiger partial charge in [-0.05, 0) is 18.8 Å². The molecule has 2 aliphatic rings. The van der Waals surface area contributed by atoms with Crippen molar-refractivity contribution in [3.8, 4) is 0 Å². The van der Waals surface area contributed by atoms with Gasteiger partial charge < -0.3 is 31.9 Å². The van der Waals surface area contributed by atoms with Crippen molar-refractivity contribution in [1.29, 1.82) is 0 Å². The van der Waals surface area contributed by atoms with Crippen molar-refractivity contribution < 1.29 is 28.8 Å². The fourth-order valence-corrected chi connectivity index (χ4v) is 5.69. The number of nitrogens with one attached hydrogen (secondary N) is 6. The van der Waals surface area contributed by atoms with Crippen molar-refractivity contribution in [3.05, 3.63) is 11.8 Å². The maximum atomic E-state index is 13.2. The third-order valence-corrected chi connectivity index (χ3v) is 8.17. The number of hydrogen-bond acceptors (Lipinski definition) is 8. The normalized spacial score (nSPS) is 28.6. The molecule has 2 fully saturated rings. The molecule has 4 atom stereocenters. The second kappa shape index (κ2) is 14.3. The number of carbonyl (C=O) groups is 6. The highest BCUT2D eigenvalue weighted by Crippen LogP contribution is 2.22. The molecule has 0 aromatic heterocycles. The van der Waals surface area contributed by atoms with Crippen LogP contribution in [0.4, 0.5) is 0 Å². The molecule has 6 amide bonds. The first-order valence-electron chi connectivity index (χ1n) is 12.1. The Balaban J connectivity index is 2.58. The second-order valence-electron chi connectivity index (χ2n) is 9.40. The number of amides is 6. The standard InChI is InChI=1S/C23H36N6O6S2/c1-6-13-20(32)29-18(12(4)5)23(35)26-14-9-16(30)28-17(11(2)3)22(34)27-15(21(33)25-13)10-37-36-8-7-24-19(14)31/h6,11-12,14-15,17-18H,7-10H2,1-5H3,(H,24,31)(H,25,33)(H,26,35)(H,27,34)(H,28,30)(H,29,32)/b13-6-/t14-,15+,17+,18-/m0/s1. The van der Waals surface area contributed by atoms with Crippen LogP contribution in [0.5, 0.6) is 0 Å². The van der Waals surface area contributed by atoms with Crippen LogP contribution >= 0.6 is 21.6 Å². The molecule has 2 aliphatic heterocycles. The van der Waals surface area contributed by atoms with Crippen molar-refractivity contribution in [1.82, 2.24) is 31.9 Å². The highest BCUT2D eigenvalue weighted by atomic mass is 33.1. The average molecular weight is 557 g/mol. The van der Waals surface area contributed by atoms with Crippen LogP contribution in [0.1, 0.15) is 41.0 Å². The van der Waals surface area contributed by atoms with Crippen LogP contribution in [0, 0.1) is 11.8 Å². The van der Waals surface area contributed by atoms with Gasteiger partial charge in [-0.1, -0.05) is 55.4 Å². The van der Waals surface area contributed by atoms with Gasteiger partial charge in [0, 0.05) is 18.1 Å². The van der Waals surface area contributed by atoms with Gasteiger partial charge in [-0.15, -0.1) is 0 Å². The minimum absolute atomic E-state index is 0.0835. The molecule has 14 heteroatoms. The Morgan fingerprint density at radius 2 is 1.35 bits per heavy atom. The monoisotopic (exact) mass is 556 g/mol. The van der Waals surface area contributed by atoms with Gasteiger partial charge in [-0.3, -0.25) is 28.8 Å². The summed E-state index contributed by atoms with van der Waals surface area (Å²) in [6.45, 7) is 8.72. The Labute approximate surface area is 224 Å². The third-order valence-electron chi connectivity index (χ3n) is 5.75. The summed E-state index contributed by atoms with van der Waals surface area (Å²) in [5.74, 6) is -3.79. The zero-order valence-corrected chi connectivity index (χ0v) is 23.3. The average Bonchev–Trinajstić information content (AvgIpc) is 2.83. The lowest BCUT2D eigenvalue weighted by atomic mass is 10.0. The Bertz CT molecular complexity index is 941. The van der Waals surface area contributed by atoms with E-state index in [1.165, 1.54) is 27.7 Å². The Hall–Kier alpha value is -2.74. The molecule has 12 nitrogen and oxygen atoms in total. The van der Waals surface area contributed by atoms with Gasteiger partial charge in [0.15, 0.2) is 0 Å². The fraction of sp³-hybridized carbons (Fsp3) is 0.652. The molecule has 0 saturated carbocycles. The van der Waals surface area contributed by atoms with E-state index >= 15 is 0 Å². The quantitative estimate of drug-likeness (QED) is 0.189. The summed E-state index contributed by atoms with van der Waals surface area (Å²) in [6.07, 6.45) is 0.979. The van der Waals surface area contributed by atoms with Gasteiger partial charge in [0.05, 0.1) is 6.42 Å². The largest absolute Gasteiger partial charge is 0.353 e. The van der Waals surface area contributed by atoms with E-state index in [1.807, 2.05) is 0 Å². The molecule has 0 unspecified atom stereocenters. The first kappa shape index (κ1) is 30.5. The van der Waals surface area contributed by atoms with Crippen molar-refractivity contribution in [3.63, 3.8) is 0 Å². The second-order valence-corrected chi connectivity index (χ2v) is 12.0. The van der Waals surface area contributed by atoms with Crippen molar-refractivity contribution in [2.24, 2.45) is 11.8 Å². The van der Waals surface area contributed by atoms with Crippen LogP contribution in [0.3, 0.4) is 0 Å². The molecule has 2 rings (SSSR count). The fourth-order valence-electron chi connectivity index (χ4n) is 3.62. The summed E-state index contributed by atoms with van der Waals surface area (Å²) < 4.78 is 0.